The van der Waals surface area contributed by atoms with Crippen molar-refractivity contribution in [1.29, 1.82) is 0 Å². The van der Waals surface area contributed by atoms with Gasteiger partial charge in [0.15, 0.2) is 0 Å². The molecule has 0 radical (unpaired) electrons. The number of amides is 3. The summed E-state index contributed by atoms with van der Waals surface area (Å²) in [5.41, 5.74) is 1.37. The van der Waals surface area contributed by atoms with Gasteiger partial charge in [-0.05, 0) is 43.3 Å². The van der Waals surface area contributed by atoms with Crippen LogP contribution in [0.2, 0.25) is 0 Å². The molecule has 0 aliphatic carbocycles. The van der Waals surface area contributed by atoms with Gasteiger partial charge in [0.25, 0.3) is 5.91 Å². The van der Waals surface area contributed by atoms with Crippen molar-refractivity contribution in [2.45, 2.75) is 20.4 Å². The van der Waals surface area contributed by atoms with Gasteiger partial charge in [0.2, 0.25) is 11.8 Å². The minimum absolute atomic E-state index is 0.00225. The SMILES string of the molecule is CCOC(=O)c1ccc(NC(=O)Cn2cccc2C(=O)N2CCN(C(C)=O)CC2)cc1. The Labute approximate surface area is 180 Å². The highest BCUT2D eigenvalue weighted by molar-refractivity contribution is 5.95. The molecule has 1 fully saturated rings. The van der Waals surface area contributed by atoms with Crippen LogP contribution in [-0.2, 0) is 20.9 Å². The second kappa shape index (κ2) is 9.92. The lowest BCUT2D eigenvalue weighted by atomic mass is 10.2. The molecule has 1 aliphatic rings. The van der Waals surface area contributed by atoms with E-state index in [-0.39, 0.29) is 24.3 Å². The first-order valence-electron chi connectivity index (χ1n) is 10.2. The van der Waals surface area contributed by atoms with Crippen molar-refractivity contribution >= 4 is 29.4 Å². The Morgan fingerprint density at radius 3 is 2.23 bits per heavy atom. The Morgan fingerprint density at radius 2 is 1.61 bits per heavy atom. The van der Waals surface area contributed by atoms with Crippen molar-refractivity contribution in [3.8, 4) is 0 Å². The fourth-order valence-corrected chi connectivity index (χ4v) is 3.39. The molecule has 0 bridgehead atoms. The molecular formula is C22H26N4O5. The molecule has 2 heterocycles. The first-order chi connectivity index (χ1) is 14.9. The highest BCUT2D eigenvalue weighted by Crippen LogP contribution is 2.13. The van der Waals surface area contributed by atoms with Crippen LogP contribution in [0.4, 0.5) is 5.69 Å². The molecule has 3 rings (SSSR count). The van der Waals surface area contributed by atoms with Gasteiger partial charge in [-0.25, -0.2) is 4.79 Å². The topological polar surface area (TPSA) is 101 Å². The highest BCUT2D eigenvalue weighted by Gasteiger charge is 2.25. The van der Waals surface area contributed by atoms with Crippen LogP contribution in [0.5, 0.6) is 0 Å². The maximum absolute atomic E-state index is 12.9. The van der Waals surface area contributed by atoms with Crippen LogP contribution in [0.1, 0.15) is 34.7 Å². The summed E-state index contributed by atoms with van der Waals surface area (Å²) in [6.45, 7) is 5.45. The van der Waals surface area contributed by atoms with Crippen molar-refractivity contribution < 1.29 is 23.9 Å². The fourth-order valence-electron chi connectivity index (χ4n) is 3.39. The zero-order valence-corrected chi connectivity index (χ0v) is 17.7. The van der Waals surface area contributed by atoms with E-state index in [4.69, 9.17) is 4.74 Å². The Bertz CT molecular complexity index is 959. The summed E-state index contributed by atoms with van der Waals surface area (Å²) in [5.74, 6) is -0.877. The maximum atomic E-state index is 12.9. The normalized spacial score (nSPS) is 13.6. The van der Waals surface area contributed by atoms with Crippen molar-refractivity contribution in [1.82, 2.24) is 14.4 Å². The fraction of sp³-hybridized carbons (Fsp3) is 0.364. The van der Waals surface area contributed by atoms with Crippen LogP contribution in [0.15, 0.2) is 42.6 Å². The number of benzene rings is 1. The third-order valence-electron chi connectivity index (χ3n) is 5.05. The first kappa shape index (κ1) is 22.1. The number of hydrogen-bond acceptors (Lipinski definition) is 5. The lowest BCUT2D eigenvalue weighted by Gasteiger charge is -2.34. The molecule has 1 saturated heterocycles. The molecule has 0 saturated carbocycles. The molecule has 0 spiro atoms. The van der Waals surface area contributed by atoms with Gasteiger partial charge in [0, 0.05) is 45.0 Å². The molecule has 9 nitrogen and oxygen atoms in total. The van der Waals surface area contributed by atoms with E-state index in [9.17, 15) is 19.2 Å². The second-order valence-electron chi connectivity index (χ2n) is 7.17. The number of carbonyl (C=O) groups excluding carboxylic acids is 4. The summed E-state index contributed by atoms with van der Waals surface area (Å²) in [6, 6.07) is 9.82. The first-order valence-corrected chi connectivity index (χ1v) is 10.2. The number of nitrogens with one attached hydrogen (secondary N) is 1. The smallest absolute Gasteiger partial charge is 0.338 e. The van der Waals surface area contributed by atoms with Gasteiger partial charge in [-0.15, -0.1) is 0 Å². The van der Waals surface area contributed by atoms with Gasteiger partial charge in [-0.1, -0.05) is 0 Å². The van der Waals surface area contributed by atoms with E-state index in [1.807, 2.05) is 0 Å². The van der Waals surface area contributed by atoms with Crippen LogP contribution in [0.25, 0.3) is 0 Å². The van der Waals surface area contributed by atoms with Gasteiger partial charge in [0.1, 0.15) is 12.2 Å². The molecule has 1 aliphatic heterocycles. The summed E-state index contributed by atoms with van der Waals surface area (Å²) in [4.78, 5) is 51.9. The Balaban J connectivity index is 1.58. The lowest BCUT2D eigenvalue weighted by molar-refractivity contribution is -0.130. The van der Waals surface area contributed by atoms with Crippen molar-refractivity contribution in [3.63, 3.8) is 0 Å². The van der Waals surface area contributed by atoms with Crippen molar-refractivity contribution in [2.75, 3.05) is 38.1 Å². The monoisotopic (exact) mass is 426 g/mol. The number of hydrogen-bond donors (Lipinski definition) is 1. The van der Waals surface area contributed by atoms with Crippen LogP contribution in [-0.4, -0.2) is 70.8 Å². The molecule has 0 unspecified atom stereocenters. The number of nitrogens with zero attached hydrogens (tertiary/aromatic N) is 3. The lowest BCUT2D eigenvalue weighted by Crippen LogP contribution is -2.50. The quantitative estimate of drug-likeness (QED) is 0.708. The molecule has 1 aromatic carbocycles. The van der Waals surface area contributed by atoms with Crippen LogP contribution >= 0.6 is 0 Å². The number of aromatic nitrogens is 1. The van der Waals surface area contributed by atoms with Gasteiger partial charge in [0.05, 0.1) is 12.2 Å². The molecule has 164 valence electrons. The third-order valence-corrected chi connectivity index (χ3v) is 5.05. The highest BCUT2D eigenvalue weighted by atomic mass is 16.5. The van der Waals surface area contributed by atoms with E-state index in [2.05, 4.69) is 5.32 Å². The van der Waals surface area contributed by atoms with Crippen molar-refractivity contribution in [3.05, 3.63) is 53.9 Å². The summed E-state index contributed by atoms with van der Waals surface area (Å²) in [5, 5.41) is 2.76. The van der Waals surface area contributed by atoms with Gasteiger partial charge < -0.3 is 24.4 Å². The predicted molar refractivity (Wildman–Crippen MR) is 114 cm³/mol. The van der Waals surface area contributed by atoms with Gasteiger partial charge in [-0.3, -0.25) is 14.4 Å². The minimum Gasteiger partial charge on any atom is -0.462 e. The average molecular weight is 426 g/mol. The Kier molecular flexibility index (Phi) is 7.07. The molecule has 0 atom stereocenters. The summed E-state index contributed by atoms with van der Waals surface area (Å²) < 4.78 is 6.54. The third kappa shape index (κ3) is 5.50. The van der Waals surface area contributed by atoms with Crippen LogP contribution < -0.4 is 5.32 Å². The largest absolute Gasteiger partial charge is 0.462 e. The van der Waals surface area contributed by atoms with Crippen LogP contribution in [0.3, 0.4) is 0 Å². The molecular weight excluding hydrogens is 400 g/mol. The maximum Gasteiger partial charge on any atom is 0.338 e. The summed E-state index contributed by atoms with van der Waals surface area (Å²) in [6.07, 6.45) is 1.68. The molecule has 3 amide bonds. The second-order valence-corrected chi connectivity index (χ2v) is 7.17. The van der Waals surface area contributed by atoms with E-state index in [0.29, 0.717) is 49.7 Å². The predicted octanol–water partition coefficient (Wildman–Crippen LogP) is 1.61. The molecule has 31 heavy (non-hydrogen) atoms. The average Bonchev–Trinajstić information content (AvgIpc) is 3.21. The number of carbonyl (C=O) groups is 4. The number of anilines is 1. The van der Waals surface area contributed by atoms with E-state index in [1.165, 1.54) is 6.92 Å². The summed E-state index contributed by atoms with van der Waals surface area (Å²) in [7, 11) is 0. The van der Waals surface area contributed by atoms with E-state index < -0.39 is 5.97 Å². The molecule has 1 N–H and O–H groups in total. The minimum atomic E-state index is -0.417. The number of piperazine rings is 1. The molecule has 1 aromatic heterocycles. The van der Waals surface area contributed by atoms with Gasteiger partial charge >= 0.3 is 5.97 Å². The Morgan fingerprint density at radius 1 is 0.968 bits per heavy atom. The molecule has 9 heteroatoms. The number of rotatable bonds is 6. The standard InChI is InChI=1S/C22H26N4O5/c1-3-31-22(30)17-6-8-18(9-7-17)23-20(28)15-26-10-4-5-19(26)21(29)25-13-11-24(12-14-25)16(2)27/h4-10H,3,11-15H2,1-2H3,(H,23,28). The van der Waals surface area contributed by atoms with Crippen molar-refractivity contribution in [2.24, 2.45) is 0 Å². The number of ether oxygens (including phenoxy) is 1. The zero-order chi connectivity index (χ0) is 22.4. The van der Waals surface area contributed by atoms with E-state index in [0.717, 1.165) is 0 Å². The van der Waals surface area contributed by atoms with Crippen LogP contribution in [0, 0.1) is 0 Å². The van der Waals surface area contributed by atoms with Gasteiger partial charge in [-0.2, -0.15) is 0 Å². The summed E-state index contributed by atoms with van der Waals surface area (Å²) >= 11 is 0. The number of esters is 1. The Hall–Kier alpha value is -3.62. The zero-order valence-electron chi connectivity index (χ0n) is 17.7. The molecule has 2 aromatic rings. The van der Waals surface area contributed by atoms with E-state index >= 15 is 0 Å². The van der Waals surface area contributed by atoms with E-state index in [1.54, 1.807) is 63.9 Å².